The fourth-order valence-corrected chi connectivity index (χ4v) is 7.37. The lowest BCUT2D eigenvalue weighted by molar-refractivity contribution is -0.157. The maximum atomic E-state index is 13.1. The predicted molar refractivity (Wildman–Crippen MR) is 129 cm³/mol. The Morgan fingerprint density at radius 1 is 0.912 bits per heavy atom. The fraction of sp³-hybridized carbons (Fsp3) is 0.400. The van der Waals surface area contributed by atoms with Crippen LogP contribution >= 0.6 is 0 Å². The second-order valence-corrected chi connectivity index (χ2v) is 10.2. The third-order valence-corrected chi connectivity index (χ3v) is 8.69. The molecule has 0 saturated heterocycles. The molecule has 34 heavy (non-hydrogen) atoms. The van der Waals surface area contributed by atoms with Crippen LogP contribution in [-0.4, -0.2) is 24.1 Å². The van der Waals surface area contributed by atoms with Crippen LogP contribution < -0.4 is 0 Å². The minimum absolute atomic E-state index is 0.164. The van der Waals surface area contributed by atoms with E-state index in [0.717, 1.165) is 6.42 Å². The quantitative estimate of drug-likeness (QED) is 0.250. The Morgan fingerprint density at radius 2 is 1.62 bits per heavy atom. The normalized spacial score (nSPS) is 32.0. The third kappa shape index (κ3) is 3.04. The SMILES string of the molecule is C/C=C\C(=C/C)C(=O)OC1C2CC(C1OC(=O)c1ccccc1)C1c3ccccc3C3(CC3)C21. The summed E-state index contributed by atoms with van der Waals surface area (Å²) >= 11 is 0. The third-order valence-electron chi connectivity index (χ3n) is 8.69. The molecule has 6 atom stereocenters. The Morgan fingerprint density at radius 3 is 2.32 bits per heavy atom. The van der Waals surface area contributed by atoms with Crippen molar-refractivity contribution < 1.29 is 19.1 Å². The molecule has 2 bridgehead atoms. The van der Waals surface area contributed by atoms with Gasteiger partial charge in [-0.05, 0) is 73.6 Å². The summed E-state index contributed by atoms with van der Waals surface area (Å²) in [6.45, 7) is 3.73. The molecule has 0 aromatic heterocycles. The largest absolute Gasteiger partial charge is 0.455 e. The van der Waals surface area contributed by atoms with Crippen molar-refractivity contribution in [3.05, 3.63) is 95.1 Å². The first kappa shape index (κ1) is 21.4. The van der Waals surface area contributed by atoms with Crippen molar-refractivity contribution in [2.24, 2.45) is 17.8 Å². The molecular formula is C30H30O4. The number of hydrogen-bond acceptors (Lipinski definition) is 4. The average molecular weight is 455 g/mol. The van der Waals surface area contributed by atoms with Gasteiger partial charge in [-0.3, -0.25) is 0 Å². The molecule has 4 aliphatic carbocycles. The minimum Gasteiger partial charge on any atom is -0.455 e. The molecule has 1 spiro atoms. The molecule has 6 unspecified atom stereocenters. The zero-order valence-corrected chi connectivity index (χ0v) is 19.6. The van der Waals surface area contributed by atoms with Crippen molar-refractivity contribution in [3.8, 4) is 0 Å². The van der Waals surface area contributed by atoms with Crippen LogP contribution in [0.4, 0.5) is 0 Å². The number of hydrogen-bond donors (Lipinski definition) is 0. The van der Waals surface area contributed by atoms with E-state index in [2.05, 4.69) is 24.3 Å². The van der Waals surface area contributed by atoms with Gasteiger partial charge in [0.1, 0.15) is 12.2 Å². The summed E-state index contributed by atoms with van der Waals surface area (Å²) in [5, 5.41) is 0. The van der Waals surface area contributed by atoms with Gasteiger partial charge in [-0.25, -0.2) is 9.59 Å². The molecule has 0 amide bonds. The van der Waals surface area contributed by atoms with Crippen LogP contribution in [0.2, 0.25) is 0 Å². The van der Waals surface area contributed by atoms with Crippen molar-refractivity contribution in [3.63, 3.8) is 0 Å². The molecule has 3 fully saturated rings. The van der Waals surface area contributed by atoms with Crippen LogP contribution in [0, 0.1) is 17.8 Å². The maximum absolute atomic E-state index is 13.1. The van der Waals surface area contributed by atoms with E-state index in [1.807, 2.05) is 38.1 Å². The van der Waals surface area contributed by atoms with Gasteiger partial charge >= 0.3 is 11.9 Å². The smallest absolute Gasteiger partial charge is 0.338 e. The molecule has 2 aromatic rings. The first-order chi connectivity index (χ1) is 16.6. The Bertz CT molecular complexity index is 1190. The number of allylic oxidation sites excluding steroid dienone is 2. The van der Waals surface area contributed by atoms with E-state index in [4.69, 9.17) is 9.47 Å². The van der Waals surface area contributed by atoms with Crippen molar-refractivity contribution in [1.82, 2.24) is 0 Å². The van der Waals surface area contributed by atoms with Gasteiger partial charge < -0.3 is 9.47 Å². The summed E-state index contributed by atoms with van der Waals surface area (Å²) in [4.78, 5) is 26.2. The van der Waals surface area contributed by atoms with Crippen LogP contribution in [0.25, 0.3) is 0 Å². The average Bonchev–Trinajstić information content (AvgIpc) is 3.37. The van der Waals surface area contributed by atoms with Crippen molar-refractivity contribution in [2.75, 3.05) is 0 Å². The van der Waals surface area contributed by atoms with Crippen molar-refractivity contribution >= 4 is 11.9 Å². The van der Waals surface area contributed by atoms with Gasteiger partial charge in [-0.2, -0.15) is 0 Å². The van der Waals surface area contributed by atoms with E-state index >= 15 is 0 Å². The summed E-state index contributed by atoms with van der Waals surface area (Å²) in [5.41, 5.74) is 4.17. The fourth-order valence-electron chi connectivity index (χ4n) is 7.37. The van der Waals surface area contributed by atoms with Crippen LogP contribution in [0.1, 0.15) is 60.5 Å². The van der Waals surface area contributed by atoms with Crippen LogP contribution in [0.5, 0.6) is 0 Å². The van der Waals surface area contributed by atoms with Crippen LogP contribution in [0.15, 0.2) is 78.4 Å². The molecule has 0 radical (unpaired) electrons. The lowest BCUT2D eigenvalue weighted by atomic mass is 9.72. The number of ether oxygens (including phenoxy) is 2. The molecule has 4 nitrogen and oxygen atoms in total. The van der Waals surface area contributed by atoms with Crippen molar-refractivity contribution in [1.29, 1.82) is 0 Å². The van der Waals surface area contributed by atoms with Crippen LogP contribution in [0.3, 0.4) is 0 Å². The highest BCUT2D eigenvalue weighted by Crippen LogP contribution is 2.74. The molecule has 2 aromatic carbocycles. The van der Waals surface area contributed by atoms with E-state index in [9.17, 15) is 9.59 Å². The van der Waals surface area contributed by atoms with Gasteiger partial charge in [0.2, 0.25) is 0 Å². The number of esters is 2. The van der Waals surface area contributed by atoms with Gasteiger partial charge in [0.25, 0.3) is 0 Å². The standard InChI is InChI=1S/C30H30O4/c1-3-10-18(4-2)28(31)34-27-22-17-21(26(27)33-29(32)19-11-6-5-7-12-19)24-20-13-8-9-14-23(20)30(15-16-30)25(22)24/h3-14,21-22,24-27H,15-17H2,1-2H3/b10-3-,18-4+. The number of benzene rings is 2. The van der Waals surface area contributed by atoms with Gasteiger partial charge in [0, 0.05) is 11.8 Å². The van der Waals surface area contributed by atoms with Gasteiger partial charge in [0.05, 0.1) is 11.1 Å². The topological polar surface area (TPSA) is 52.6 Å². The van der Waals surface area contributed by atoms with Gasteiger partial charge in [-0.1, -0.05) is 60.7 Å². The Kier molecular flexibility index (Phi) is 5.02. The zero-order valence-electron chi connectivity index (χ0n) is 19.6. The highest BCUT2D eigenvalue weighted by atomic mass is 16.6. The molecule has 0 N–H and O–H groups in total. The summed E-state index contributed by atoms with van der Waals surface area (Å²) < 4.78 is 12.4. The lowest BCUT2D eigenvalue weighted by Crippen LogP contribution is -2.46. The second kappa shape index (κ2) is 7.97. The lowest BCUT2D eigenvalue weighted by Gasteiger charge is -2.39. The minimum atomic E-state index is -0.437. The van der Waals surface area contributed by atoms with E-state index in [1.54, 1.807) is 24.3 Å². The number of carbonyl (C=O) groups is 2. The predicted octanol–water partition coefficient (Wildman–Crippen LogP) is 5.74. The molecule has 174 valence electrons. The first-order valence-corrected chi connectivity index (χ1v) is 12.4. The number of fused-ring (bicyclic) bond motifs is 9. The molecule has 4 heteroatoms. The molecule has 4 aliphatic rings. The molecule has 3 saturated carbocycles. The maximum Gasteiger partial charge on any atom is 0.338 e. The summed E-state index contributed by atoms with van der Waals surface area (Å²) in [7, 11) is 0. The van der Waals surface area contributed by atoms with Crippen LogP contribution in [-0.2, 0) is 19.7 Å². The molecule has 0 aliphatic heterocycles. The Hall–Kier alpha value is -3.14. The van der Waals surface area contributed by atoms with E-state index in [1.165, 1.54) is 24.0 Å². The van der Waals surface area contributed by atoms with E-state index in [-0.39, 0.29) is 29.2 Å². The zero-order chi connectivity index (χ0) is 23.4. The second-order valence-electron chi connectivity index (χ2n) is 10.2. The molecule has 0 heterocycles. The Labute approximate surface area is 200 Å². The summed E-state index contributed by atoms with van der Waals surface area (Å²) in [5.74, 6) is 0.501. The number of rotatable bonds is 5. The molecular weight excluding hydrogens is 424 g/mol. The summed E-state index contributed by atoms with van der Waals surface area (Å²) in [6, 6.07) is 17.9. The van der Waals surface area contributed by atoms with E-state index in [0.29, 0.717) is 23.0 Å². The number of carbonyl (C=O) groups excluding carboxylic acids is 2. The molecule has 6 rings (SSSR count). The van der Waals surface area contributed by atoms with Crippen molar-refractivity contribution in [2.45, 2.75) is 56.7 Å². The highest BCUT2D eigenvalue weighted by Gasteiger charge is 2.72. The van der Waals surface area contributed by atoms with Gasteiger partial charge in [-0.15, -0.1) is 0 Å². The van der Waals surface area contributed by atoms with E-state index < -0.39 is 12.2 Å². The highest BCUT2D eigenvalue weighted by molar-refractivity contribution is 5.92. The first-order valence-electron chi connectivity index (χ1n) is 12.4. The monoisotopic (exact) mass is 454 g/mol. The Balaban J connectivity index is 1.36. The summed E-state index contributed by atoms with van der Waals surface area (Å²) in [6.07, 6.45) is 7.86. The van der Waals surface area contributed by atoms with Gasteiger partial charge in [0.15, 0.2) is 0 Å².